The number of hydrogen-bond donors (Lipinski definition) is 2. The summed E-state index contributed by atoms with van der Waals surface area (Å²) in [5.41, 5.74) is 0.0875. The molecule has 1 aliphatic rings. The Balaban J connectivity index is 2.08. The van der Waals surface area contributed by atoms with Gasteiger partial charge in [-0.15, -0.1) is 0 Å². The fourth-order valence-corrected chi connectivity index (χ4v) is 3.28. The highest BCUT2D eigenvalue weighted by Gasteiger charge is 2.48. The van der Waals surface area contributed by atoms with E-state index in [-0.39, 0.29) is 0 Å². The molecule has 23 heavy (non-hydrogen) atoms. The van der Waals surface area contributed by atoms with Crippen LogP contribution in [-0.2, 0) is 17.4 Å². The van der Waals surface area contributed by atoms with Crippen LogP contribution in [0, 0.1) is 0 Å². The maximum atomic E-state index is 12.6. The van der Waals surface area contributed by atoms with E-state index in [1.807, 2.05) is 35.9 Å². The number of hydrogen-bond acceptors (Lipinski definition) is 3. The van der Waals surface area contributed by atoms with Crippen LogP contribution in [0.2, 0.25) is 0 Å². The van der Waals surface area contributed by atoms with E-state index < -0.39 is 17.4 Å². The number of carbonyl (C=O) groups excluding carboxylic acids is 2. The molecule has 2 amide bonds. The summed E-state index contributed by atoms with van der Waals surface area (Å²) in [6, 6.07) is 14.2. The molecule has 0 bridgehead atoms. The number of rotatable bonds is 1. The van der Waals surface area contributed by atoms with E-state index in [9.17, 15) is 14.7 Å². The number of aromatic nitrogens is 1. The molecule has 2 N–H and O–H groups in total. The zero-order valence-corrected chi connectivity index (χ0v) is 12.4. The number of nitrogens with one attached hydrogen (secondary N) is 1. The van der Waals surface area contributed by atoms with Gasteiger partial charge < -0.3 is 9.67 Å². The number of aliphatic hydroxyl groups is 1. The molecule has 0 fully saturated rings. The second kappa shape index (κ2) is 4.54. The number of carbonyl (C=O) groups is 2. The van der Waals surface area contributed by atoms with E-state index in [4.69, 9.17) is 0 Å². The van der Waals surface area contributed by atoms with Crippen LogP contribution in [0.25, 0.3) is 10.9 Å². The molecular weight excluding hydrogens is 292 g/mol. The summed E-state index contributed by atoms with van der Waals surface area (Å²) in [5.74, 6) is -1.21. The molecule has 5 nitrogen and oxygen atoms in total. The molecule has 1 unspecified atom stereocenters. The van der Waals surface area contributed by atoms with Crippen molar-refractivity contribution < 1.29 is 14.7 Å². The number of benzene rings is 2. The van der Waals surface area contributed by atoms with Gasteiger partial charge in [-0.1, -0.05) is 36.4 Å². The molecule has 2 aromatic carbocycles. The van der Waals surface area contributed by atoms with E-state index in [2.05, 4.69) is 5.32 Å². The third kappa shape index (κ3) is 1.71. The zero-order chi connectivity index (χ0) is 16.2. The molecule has 2 heterocycles. The maximum absolute atomic E-state index is 12.6. The molecule has 0 spiro atoms. The van der Waals surface area contributed by atoms with Gasteiger partial charge in [0.2, 0.25) is 0 Å². The largest absolute Gasteiger partial charge is 0.372 e. The second-order valence-corrected chi connectivity index (χ2v) is 5.71. The minimum atomic E-state index is -1.90. The fraction of sp³-hybridized carbons (Fsp3) is 0.111. The molecule has 5 heteroatoms. The molecule has 0 saturated carbocycles. The quantitative estimate of drug-likeness (QED) is 0.672. The average molecular weight is 306 g/mol. The predicted octanol–water partition coefficient (Wildman–Crippen LogP) is 1.68. The molecule has 0 aliphatic carbocycles. The van der Waals surface area contributed by atoms with Gasteiger partial charge in [-0.3, -0.25) is 14.9 Å². The van der Waals surface area contributed by atoms with Gasteiger partial charge in [0.05, 0.1) is 0 Å². The summed E-state index contributed by atoms with van der Waals surface area (Å²) in [7, 11) is 1.85. The summed E-state index contributed by atoms with van der Waals surface area (Å²) in [4.78, 5) is 24.6. The van der Waals surface area contributed by atoms with Crippen LogP contribution in [0.5, 0.6) is 0 Å². The number of para-hydroxylation sites is 1. The Bertz CT molecular complexity index is 973. The Morgan fingerprint density at radius 3 is 2.52 bits per heavy atom. The van der Waals surface area contributed by atoms with Crippen LogP contribution in [0.15, 0.2) is 54.7 Å². The van der Waals surface area contributed by atoms with Crippen molar-refractivity contribution in [2.45, 2.75) is 5.60 Å². The lowest BCUT2D eigenvalue weighted by molar-refractivity contribution is -0.136. The van der Waals surface area contributed by atoms with Crippen LogP contribution in [0.4, 0.5) is 0 Å². The van der Waals surface area contributed by atoms with Crippen LogP contribution < -0.4 is 5.32 Å². The van der Waals surface area contributed by atoms with E-state index in [0.29, 0.717) is 16.7 Å². The van der Waals surface area contributed by atoms with Gasteiger partial charge in [0, 0.05) is 40.8 Å². The van der Waals surface area contributed by atoms with Crippen LogP contribution in [0.3, 0.4) is 0 Å². The SMILES string of the molecule is Cn1cc(C2(O)C(=O)NC(=O)c3ccccc32)c2ccccc21. The normalized spacial score (nSPS) is 20.4. The van der Waals surface area contributed by atoms with Crippen molar-refractivity contribution in [2.24, 2.45) is 7.05 Å². The topological polar surface area (TPSA) is 71.3 Å². The van der Waals surface area contributed by atoms with Crippen molar-refractivity contribution in [3.63, 3.8) is 0 Å². The zero-order valence-electron chi connectivity index (χ0n) is 12.4. The summed E-state index contributed by atoms with van der Waals surface area (Å²) in [6.07, 6.45) is 1.73. The first-order chi connectivity index (χ1) is 11.0. The Hall–Kier alpha value is -2.92. The van der Waals surface area contributed by atoms with Gasteiger partial charge in [0.15, 0.2) is 5.60 Å². The Morgan fingerprint density at radius 2 is 1.70 bits per heavy atom. The van der Waals surface area contributed by atoms with Crippen molar-refractivity contribution >= 4 is 22.7 Å². The van der Waals surface area contributed by atoms with Gasteiger partial charge in [-0.2, -0.15) is 0 Å². The second-order valence-electron chi connectivity index (χ2n) is 5.71. The van der Waals surface area contributed by atoms with Gasteiger partial charge in [0.1, 0.15) is 0 Å². The lowest BCUT2D eigenvalue weighted by Gasteiger charge is -2.32. The number of imide groups is 1. The van der Waals surface area contributed by atoms with Crippen molar-refractivity contribution in [3.05, 3.63) is 71.4 Å². The van der Waals surface area contributed by atoms with Gasteiger partial charge in [-0.25, -0.2) is 0 Å². The van der Waals surface area contributed by atoms with E-state index in [0.717, 1.165) is 10.9 Å². The summed E-state index contributed by atoms with van der Waals surface area (Å²) in [5, 5.41) is 14.4. The molecule has 3 aromatic rings. The molecule has 1 aromatic heterocycles. The summed E-state index contributed by atoms with van der Waals surface area (Å²) in [6.45, 7) is 0. The van der Waals surface area contributed by atoms with E-state index in [1.165, 1.54) is 0 Å². The highest BCUT2D eigenvalue weighted by molar-refractivity contribution is 6.14. The van der Waals surface area contributed by atoms with Crippen LogP contribution >= 0.6 is 0 Å². The molecule has 1 aliphatic heterocycles. The highest BCUT2D eigenvalue weighted by Crippen LogP contribution is 2.39. The van der Waals surface area contributed by atoms with Gasteiger partial charge >= 0.3 is 0 Å². The summed E-state index contributed by atoms with van der Waals surface area (Å²) >= 11 is 0. The smallest absolute Gasteiger partial charge is 0.268 e. The first-order valence-electron chi connectivity index (χ1n) is 7.25. The Kier molecular flexibility index (Phi) is 2.71. The minimum absolute atomic E-state index is 0.308. The monoisotopic (exact) mass is 306 g/mol. The standard InChI is InChI=1S/C18H14N2O3/c1-20-10-14(11-6-3-5-9-15(11)20)18(23)13-8-4-2-7-12(13)16(21)19-17(18)22/h2-10,23H,1H3,(H,19,21,22). The Labute approximate surface area is 132 Å². The predicted molar refractivity (Wildman–Crippen MR) is 84.8 cm³/mol. The first kappa shape index (κ1) is 13.7. The van der Waals surface area contributed by atoms with Crippen molar-refractivity contribution in [1.82, 2.24) is 9.88 Å². The first-order valence-corrected chi connectivity index (χ1v) is 7.25. The minimum Gasteiger partial charge on any atom is -0.372 e. The van der Waals surface area contributed by atoms with Crippen molar-refractivity contribution in [2.75, 3.05) is 0 Å². The third-order valence-corrected chi connectivity index (χ3v) is 4.40. The van der Waals surface area contributed by atoms with E-state index >= 15 is 0 Å². The van der Waals surface area contributed by atoms with Crippen molar-refractivity contribution in [3.8, 4) is 0 Å². The van der Waals surface area contributed by atoms with Crippen LogP contribution in [-0.4, -0.2) is 21.5 Å². The molecule has 4 rings (SSSR count). The molecule has 1 atom stereocenters. The number of nitrogens with zero attached hydrogens (tertiary/aromatic N) is 1. The summed E-state index contributed by atoms with van der Waals surface area (Å²) < 4.78 is 1.86. The number of fused-ring (bicyclic) bond motifs is 2. The van der Waals surface area contributed by atoms with Crippen molar-refractivity contribution in [1.29, 1.82) is 0 Å². The maximum Gasteiger partial charge on any atom is 0.268 e. The van der Waals surface area contributed by atoms with Gasteiger partial charge in [-0.05, 0) is 12.1 Å². The van der Waals surface area contributed by atoms with Crippen LogP contribution in [0.1, 0.15) is 21.5 Å². The van der Waals surface area contributed by atoms with Gasteiger partial charge in [0.25, 0.3) is 11.8 Å². The molecule has 114 valence electrons. The average Bonchev–Trinajstić information content (AvgIpc) is 2.91. The van der Waals surface area contributed by atoms with E-state index in [1.54, 1.807) is 30.5 Å². The highest BCUT2D eigenvalue weighted by atomic mass is 16.3. The Morgan fingerprint density at radius 1 is 1.00 bits per heavy atom. The molecular formula is C18H14N2O3. The lowest BCUT2D eigenvalue weighted by atomic mass is 9.80. The molecule has 0 radical (unpaired) electrons. The number of aryl methyl sites for hydroxylation is 1. The molecule has 0 saturated heterocycles. The fourth-order valence-electron chi connectivity index (χ4n) is 3.28. The number of amides is 2. The lowest BCUT2D eigenvalue weighted by Crippen LogP contribution is -2.52. The third-order valence-electron chi connectivity index (χ3n) is 4.40.